The van der Waals surface area contributed by atoms with E-state index in [-0.39, 0.29) is 11.7 Å². The van der Waals surface area contributed by atoms with Gasteiger partial charge in [0.25, 0.3) is 0 Å². The third kappa shape index (κ3) is 0.782. The first-order valence-corrected chi connectivity index (χ1v) is 2.77. The highest BCUT2D eigenvalue weighted by molar-refractivity contribution is 5.97. The van der Waals surface area contributed by atoms with E-state index in [1.807, 2.05) is 0 Å². The fourth-order valence-corrected chi connectivity index (χ4v) is 0.823. The molecule has 2 nitrogen and oxygen atoms in total. The van der Waals surface area contributed by atoms with Crippen LogP contribution < -0.4 is 0 Å². The molecule has 0 unspecified atom stereocenters. The van der Waals surface area contributed by atoms with Crippen molar-refractivity contribution < 1.29 is 4.79 Å². The molecular formula is C6H9NO. The summed E-state index contributed by atoms with van der Waals surface area (Å²) < 4.78 is 0. The maximum Gasteiger partial charge on any atom is 0.133 e. The van der Waals surface area contributed by atoms with Gasteiger partial charge in [-0.25, -0.2) is 0 Å². The number of carbonyl (C=O) groups excluding carboxylic acids is 1. The van der Waals surface area contributed by atoms with Crippen molar-refractivity contribution in [2.45, 2.75) is 19.8 Å². The predicted octanol–water partition coefficient (Wildman–Crippen LogP) is 1.01. The third-order valence-electron chi connectivity index (χ3n) is 1.56. The van der Waals surface area contributed by atoms with Crippen molar-refractivity contribution in [3.05, 3.63) is 0 Å². The van der Waals surface area contributed by atoms with E-state index in [9.17, 15) is 4.79 Å². The molecule has 44 valence electrons. The van der Waals surface area contributed by atoms with Gasteiger partial charge in [-0.1, -0.05) is 0 Å². The Bertz CT molecular complexity index is 131. The Morgan fingerprint density at radius 3 is 2.38 bits per heavy atom. The second-order valence-corrected chi connectivity index (χ2v) is 2.32. The highest BCUT2D eigenvalue weighted by Crippen LogP contribution is 2.23. The van der Waals surface area contributed by atoms with Crippen molar-refractivity contribution in [1.82, 2.24) is 0 Å². The maximum absolute atomic E-state index is 10.5. The van der Waals surface area contributed by atoms with Gasteiger partial charge in [0.05, 0.1) is 0 Å². The number of hydrogen-bond acceptors (Lipinski definition) is 2. The van der Waals surface area contributed by atoms with Crippen LogP contribution in [0, 0.1) is 11.3 Å². The van der Waals surface area contributed by atoms with E-state index in [0.717, 1.165) is 18.6 Å². The number of rotatable bonds is 1. The highest BCUT2D eigenvalue weighted by Gasteiger charge is 2.26. The van der Waals surface area contributed by atoms with Gasteiger partial charge in [-0.3, -0.25) is 4.79 Å². The van der Waals surface area contributed by atoms with Gasteiger partial charge in [0.1, 0.15) is 5.78 Å². The number of Topliss-reactive ketones (excluding diaryl/α,β-unsaturated/α-hetero) is 1. The van der Waals surface area contributed by atoms with Crippen LogP contribution in [0.3, 0.4) is 0 Å². The SMILES string of the molecule is CC(=O)C1CC(=N)C1. The smallest absolute Gasteiger partial charge is 0.133 e. The van der Waals surface area contributed by atoms with Crippen molar-refractivity contribution >= 4 is 11.5 Å². The minimum atomic E-state index is 0.197. The second-order valence-electron chi connectivity index (χ2n) is 2.32. The monoisotopic (exact) mass is 111 g/mol. The van der Waals surface area contributed by atoms with Gasteiger partial charge >= 0.3 is 0 Å². The summed E-state index contributed by atoms with van der Waals surface area (Å²) in [7, 11) is 0. The molecule has 1 aliphatic carbocycles. The zero-order valence-electron chi connectivity index (χ0n) is 4.90. The summed E-state index contributed by atoms with van der Waals surface area (Å²) in [6.07, 6.45) is 1.44. The summed E-state index contributed by atoms with van der Waals surface area (Å²) in [5.41, 5.74) is 0.727. The molecule has 0 amide bonds. The van der Waals surface area contributed by atoms with Gasteiger partial charge in [-0.05, 0) is 19.8 Å². The molecule has 0 bridgehead atoms. The van der Waals surface area contributed by atoms with E-state index in [2.05, 4.69) is 0 Å². The molecular weight excluding hydrogens is 102 g/mol. The molecule has 0 aromatic heterocycles. The van der Waals surface area contributed by atoms with Gasteiger partial charge in [0.2, 0.25) is 0 Å². The fourth-order valence-electron chi connectivity index (χ4n) is 0.823. The molecule has 2 heteroatoms. The van der Waals surface area contributed by atoms with E-state index in [1.54, 1.807) is 6.92 Å². The first-order valence-electron chi connectivity index (χ1n) is 2.77. The molecule has 0 saturated heterocycles. The van der Waals surface area contributed by atoms with E-state index in [0.29, 0.717) is 0 Å². The molecule has 0 heterocycles. The Labute approximate surface area is 48.4 Å². The predicted molar refractivity (Wildman–Crippen MR) is 31.1 cm³/mol. The van der Waals surface area contributed by atoms with E-state index in [1.165, 1.54) is 0 Å². The van der Waals surface area contributed by atoms with Crippen LogP contribution in [0.15, 0.2) is 0 Å². The molecule has 1 N–H and O–H groups in total. The Kier molecular flexibility index (Phi) is 1.16. The second kappa shape index (κ2) is 1.69. The quantitative estimate of drug-likeness (QED) is 0.539. The Balaban J connectivity index is 2.35. The summed E-state index contributed by atoms with van der Waals surface area (Å²) in [4.78, 5) is 10.5. The number of nitrogens with one attached hydrogen (secondary N) is 1. The minimum absolute atomic E-state index is 0.197. The summed E-state index contributed by atoms with van der Waals surface area (Å²) in [6.45, 7) is 1.59. The lowest BCUT2D eigenvalue weighted by atomic mass is 9.81. The van der Waals surface area contributed by atoms with Crippen LogP contribution in [0.4, 0.5) is 0 Å². The van der Waals surface area contributed by atoms with Gasteiger partial charge in [-0.15, -0.1) is 0 Å². The topological polar surface area (TPSA) is 40.9 Å². The number of hydrogen-bond donors (Lipinski definition) is 1. The summed E-state index contributed by atoms with van der Waals surface area (Å²) >= 11 is 0. The lowest BCUT2D eigenvalue weighted by Gasteiger charge is -2.23. The highest BCUT2D eigenvalue weighted by atomic mass is 16.1. The standard InChI is InChI=1S/C6H9NO/c1-4(8)5-2-6(7)3-5/h5,7H,2-3H2,1H3. The van der Waals surface area contributed by atoms with Crippen LogP contribution in [-0.4, -0.2) is 11.5 Å². The van der Waals surface area contributed by atoms with Gasteiger partial charge in [0, 0.05) is 11.6 Å². The molecule has 1 saturated carbocycles. The average molecular weight is 111 g/mol. The van der Waals surface area contributed by atoms with E-state index >= 15 is 0 Å². The Hall–Kier alpha value is -0.660. The van der Waals surface area contributed by atoms with Crippen molar-refractivity contribution in [2.75, 3.05) is 0 Å². The van der Waals surface area contributed by atoms with Gasteiger partial charge in [-0.2, -0.15) is 0 Å². The summed E-state index contributed by atoms with van der Waals surface area (Å²) in [6, 6.07) is 0. The lowest BCUT2D eigenvalue weighted by Crippen LogP contribution is -2.28. The van der Waals surface area contributed by atoms with Crippen molar-refractivity contribution in [3.63, 3.8) is 0 Å². The van der Waals surface area contributed by atoms with Crippen LogP contribution in [0.5, 0.6) is 0 Å². The van der Waals surface area contributed by atoms with Crippen LogP contribution in [0.2, 0.25) is 0 Å². The Morgan fingerprint density at radius 2 is 2.25 bits per heavy atom. The maximum atomic E-state index is 10.5. The van der Waals surface area contributed by atoms with Crippen molar-refractivity contribution in [3.8, 4) is 0 Å². The van der Waals surface area contributed by atoms with Crippen LogP contribution in [-0.2, 0) is 4.79 Å². The molecule has 1 fully saturated rings. The molecule has 0 aliphatic heterocycles. The summed E-state index contributed by atoms with van der Waals surface area (Å²) in [5.74, 6) is 0.434. The first kappa shape index (κ1) is 5.48. The summed E-state index contributed by atoms with van der Waals surface area (Å²) in [5, 5.41) is 7.00. The van der Waals surface area contributed by atoms with Gasteiger partial charge in [0.15, 0.2) is 0 Å². The minimum Gasteiger partial charge on any atom is -0.310 e. The van der Waals surface area contributed by atoms with E-state index in [4.69, 9.17) is 5.41 Å². The largest absolute Gasteiger partial charge is 0.310 e. The number of ketones is 1. The van der Waals surface area contributed by atoms with Crippen molar-refractivity contribution in [1.29, 1.82) is 5.41 Å². The van der Waals surface area contributed by atoms with Crippen LogP contribution >= 0.6 is 0 Å². The normalized spacial score (nSPS) is 27.1. The third-order valence-corrected chi connectivity index (χ3v) is 1.56. The zero-order valence-corrected chi connectivity index (χ0v) is 4.90. The molecule has 0 atom stereocenters. The molecule has 1 rings (SSSR count). The first-order chi connectivity index (χ1) is 3.70. The lowest BCUT2D eigenvalue weighted by molar-refractivity contribution is -0.121. The molecule has 0 radical (unpaired) electrons. The van der Waals surface area contributed by atoms with E-state index < -0.39 is 0 Å². The number of carbonyl (C=O) groups is 1. The molecule has 8 heavy (non-hydrogen) atoms. The van der Waals surface area contributed by atoms with Crippen LogP contribution in [0.1, 0.15) is 19.8 Å². The van der Waals surface area contributed by atoms with Gasteiger partial charge < -0.3 is 5.41 Å². The average Bonchev–Trinajstić information content (AvgIpc) is 1.57. The van der Waals surface area contributed by atoms with Crippen LogP contribution in [0.25, 0.3) is 0 Å². The molecule has 0 spiro atoms. The fraction of sp³-hybridized carbons (Fsp3) is 0.667. The molecule has 1 aliphatic rings. The Morgan fingerprint density at radius 1 is 1.75 bits per heavy atom. The molecule has 0 aromatic rings. The zero-order chi connectivity index (χ0) is 6.15. The van der Waals surface area contributed by atoms with Crippen molar-refractivity contribution in [2.24, 2.45) is 5.92 Å². The molecule has 0 aromatic carbocycles.